The molecular weight excluding hydrogens is 313 g/mol. The van der Waals surface area contributed by atoms with Crippen LogP contribution in [-0.4, -0.2) is 38.0 Å². The molecule has 1 aromatic carbocycles. The van der Waals surface area contributed by atoms with Crippen molar-refractivity contribution in [1.29, 1.82) is 0 Å². The predicted molar refractivity (Wildman–Crippen MR) is 69.3 cm³/mol. The van der Waals surface area contributed by atoms with Crippen LogP contribution in [0.1, 0.15) is 5.56 Å². The van der Waals surface area contributed by atoms with E-state index in [1.807, 2.05) is 24.3 Å². The summed E-state index contributed by atoms with van der Waals surface area (Å²) < 4.78 is 2.99. The third-order valence-electron chi connectivity index (χ3n) is 1.86. The van der Waals surface area contributed by atoms with Gasteiger partial charge in [-0.25, -0.2) is 0 Å². The minimum atomic E-state index is -0.854. The molecule has 88 valence electrons. The van der Waals surface area contributed by atoms with Crippen LogP contribution in [0.3, 0.4) is 0 Å². The summed E-state index contributed by atoms with van der Waals surface area (Å²) in [5, 5.41) is 10.3. The van der Waals surface area contributed by atoms with Crippen molar-refractivity contribution in [2.45, 2.75) is 11.4 Å². The Bertz CT molecular complexity index is 347. The summed E-state index contributed by atoms with van der Waals surface area (Å²) in [6, 6.07) is 7.00. The van der Waals surface area contributed by atoms with Crippen molar-refractivity contribution < 1.29 is 9.90 Å². The molecule has 2 N–H and O–H groups in total. The van der Waals surface area contributed by atoms with Crippen LogP contribution in [0.4, 0.5) is 0 Å². The zero-order valence-corrected chi connectivity index (χ0v) is 11.8. The van der Waals surface area contributed by atoms with Crippen LogP contribution < -0.4 is 4.33 Å². The number of halogens is 1. The Morgan fingerprint density at radius 3 is 2.62 bits per heavy atom. The fraction of sp³-hybridized carbons (Fsp3) is 0.300. The second kappa shape index (κ2) is 7.20. The van der Waals surface area contributed by atoms with Gasteiger partial charge in [0.2, 0.25) is 0 Å². The van der Waals surface area contributed by atoms with Crippen molar-refractivity contribution in [1.82, 2.24) is 4.33 Å². The van der Waals surface area contributed by atoms with Crippen molar-refractivity contribution in [2.75, 3.05) is 5.75 Å². The van der Waals surface area contributed by atoms with Gasteiger partial charge in [-0.15, -0.1) is 0 Å². The third kappa shape index (κ3) is 4.76. The molecule has 6 heteroatoms. The molecule has 0 aliphatic heterocycles. The maximum atomic E-state index is 10.7. The molecule has 1 rings (SSSR count). The first-order valence-corrected chi connectivity index (χ1v) is 7.66. The Kier molecular flexibility index (Phi) is 6.24. The zero-order valence-electron chi connectivity index (χ0n) is 8.39. The first kappa shape index (κ1) is 13.9. The van der Waals surface area contributed by atoms with Crippen LogP contribution in [0.2, 0.25) is 5.02 Å². The van der Waals surface area contributed by atoms with Crippen molar-refractivity contribution in [3.05, 3.63) is 34.9 Å². The summed E-state index contributed by atoms with van der Waals surface area (Å²) in [6.45, 7) is 0. The molecule has 0 fully saturated rings. The molecule has 1 aromatic rings. The number of nitrogens with one attached hydrogen (secondary N) is 1. The molecule has 0 aromatic heterocycles. The summed E-state index contributed by atoms with van der Waals surface area (Å²) in [5.74, 6) is -0.550. The Balaban J connectivity index is 2.35. The predicted octanol–water partition coefficient (Wildman–Crippen LogP) is 1.43. The van der Waals surface area contributed by atoms with Gasteiger partial charge in [-0.1, -0.05) is 0 Å². The Morgan fingerprint density at radius 2 is 2.12 bits per heavy atom. The molecule has 0 radical (unpaired) electrons. The van der Waals surface area contributed by atoms with Crippen LogP contribution in [0, 0.1) is 0 Å². The molecule has 0 heterocycles. The molecule has 3 nitrogen and oxygen atoms in total. The number of benzene rings is 1. The second-order valence-corrected chi connectivity index (χ2v) is 5.61. The first-order valence-electron chi connectivity index (χ1n) is 4.59. The molecule has 0 spiro atoms. The average molecular weight is 325 g/mol. The number of rotatable bonds is 6. The number of hydrogen-bond acceptors (Lipinski definition) is 3. The van der Waals surface area contributed by atoms with Crippen molar-refractivity contribution in [2.24, 2.45) is 0 Å². The van der Waals surface area contributed by atoms with Gasteiger partial charge in [0.1, 0.15) is 0 Å². The monoisotopic (exact) mass is 325 g/mol. The Morgan fingerprint density at radius 1 is 1.50 bits per heavy atom. The maximum absolute atomic E-state index is 10.7. The van der Waals surface area contributed by atoms with Crippen LogP contribution in [0.5, 0.6) is 0 Å². The van der Waals surface area contributed by atoms with E-state index < -0.39 is 12.0 Å². The van der Waals surface area contributed by atoms with E-state index in [-0.39, 0.29) is 15.2 Å². The third-order valence-corrected chi connectivity index (χ3v) is 4.42. The van der Waals surface area contributed by atoms with E-state index in [0.717, 1.165) is 10.9 Å². The van der Waals surface area contributed by atoms with E-state index in [9.17, 15) is 4.79 Å². The summed E-state index contributed by atoms with van der Waals surface area (Å²) in [5.41, 5.74) is 1.15. The molecule has 16 heavy (non-hydrogen) atoms. The molecule has 0 aliphatic carbocycles. The number of carbonyl (C=O) groups is 1. The van der Waals surface area contributed by atoms with E-state index in [0.29, 0.717) is 10.8 Å². The Labute approximate surface area is 111 Å². The topological polar surface area (TPSA) is 49.3 Å². The molecule has 0 saturated carbocycles. The van der Waals surface area contributed by atoms with E-state index in [1.165, 1.54) is 0 Å². The number of hydrogen-bond donors (Lipinski definition) is 3. The fourth-order valence-electron chi connectivity index (χ4n) is 0.972. The van der Waals surface area contributed by atoms with Gasteiger partial charge in [0, 0.05) is 0 Å². The number of carboxylic acids is 1. The van der Waals surface area contributed by atoms with Crippen molar-refractivity contribution >= 4 is 45.4 Å². The Hall–Kier alpha value is -0.191. The van der Waals surface area contributed by atoms with E-state index >= 15 is 0 Å². The molecule has 0 saturated heterocycles. The summed E-state index contributed by atoms with van der Waals surface area (Å²) >= 11 is 9.79. The van der Waals surface area contributed by atoms with E-state index in [1.54, 1.807) is 0 Å². The molecule has 1 atom stereocenters. The van der Waals surface area contributed by atoms with Gasteiger partial charge in [0.25, 0.3) is 0 Å². The van der Waals surface area contributed by atoms with Gasteiger partial charge in [0.15, 0.2) is 0 Å². The summed E-state index contributed by atoms with van der Waals surface area (Å²) in [7, 11) is 0. The second-order valence-electron chi connectivity index (χ2n) is 3.11. The first-order chi connectivity index (χ1) is 7.63. The van der Waals surface area contributed by atoms with Gasteiger partial charge < -0.3 is 0 Å². The molecular formula is C10H12ClNO2SSe. The SMILES string of the molecule is O=C(O)C(CS)N[Se]Cc1ccc(Cl)cc1. The summed E-state index contributed by atoms with van der Waals surface area (Å²) in [6.07, 6.45) is 0. The van der Waals surface area contributed by atoms with Crippen LogP contribution in [-0.2, 0) is 10.1 Å². The van der Waals surface area contributed by atoms with Crippen LogP contribution in [0.25, 0.3) is 0 Å². The minimum absolute atomic E-state index is 0.0552. The molecule has 0 amide bonds. The van der Waals surface area contributed by atoms with Gasteiger partial charge in [0.05, 0.1) is 0 Å². The standard InChI is InChI=1S/C10H12ClNO2SSe/c11-8-3-1-7(2-4-8)6-16-12-9(5-15)10(13)14/h1-4,9,12,15H,5-6H2,(H,13,14). The van der Waals surface area contributed by atoms with Gasteiger partial charge in [-0.2, -0.15) is 0 Å². The van der Waals surface area contributed by atoms with Gasteiger partial charge >= 0.3 is 112 Å². The fourth-order valence-corrected chi connectivity index (χ4v) is 3.36. The van der Waals surface area contributed by atoms with Gasteiger partial charge in [-0.3, -0.25) is 0 Å². The average Bonchev–Trinajstić information content (AvgIpc) is 2.26. The summed E-state index contributed by atoms with van der Waals surface area (Å²) in [4.78, 5) is 10.7. The van der Waals surface area contributed by atoms with Gasteiger partial charge in [-0.05, 0) is 0 Å². The van der Waals surface area contributed by atoms with E-state index in [2.05, 4.69) is 17.0 Å². The van der Waals surface area contributed by atoms with Crippen molar-refractivity contribution in [3.63, 3.8) is 0 Å². The molecule has 0 bridgehead atoms. The number of aliphatic carboxylic acids is 1. The van der Waals surface area contributed by atoms with Crippen molar-refractivity contribution in [3.8, 4) is 0 Å². The number of thiol groups is 1. The zero-order chi connectivity index (χ0) is 12.0. The number of carboxylic acid groups (broad SMARTS) is 1. The van der Waals surface area contributed by atoms with Crippen LogP contribution >= 0.6 is 24.2 Å². The normalized spacial score (nSPS) is 12.4. The quantitative estimate of drug-likeness (QED) is 0.548. The van der Waals surface area contributed by atoms with Crippen LogP contribution in [0.15, 0.2) is 24.3 Å². The molecule has 1 unspecified atom stereocenters. The van der Waals surface area contributed by atoms with E-state index in [4.69, 9.17) is 16.7 Å². The molecule has 0 aliphatic rings.